The van der Waals surface area contributed by atoms with E-state index in [1.54, 1.807) is 6.07 Å². The summed E-state index contributed by atoms with van der Waals surface area (Å²) in [5.74, 6) is -0.141. The Morgan fingerprint density at radius 1 is 1.04 bits per heavy atom. The van der Waals surface area contributed by atoms with Crippen LogP contribution in [0.1, 0.15) is 30.0 Å². The second-order valence-corrected chi connectivity index (χ2v) is 7.42. The molecule has 3 nitrogen and oxygen atoms in total. The van der Waals surface area contributed by atoms with Crippen LogP contribution in [0.2, 0.25) is 0 Å². The summed E-state index contributed by atoms with van der Waals surface area (Å²) in [5, 5.41) is 0. The largest absolute Gasteiger partial charge is 0.374 e. The smallest absolute Gasteiger partial charge is 0.123 e. The molecule has 2 aliphatic heterocycles. The highest BCUT2D eigenvalue weighted by atomic mass is 19.1. The van der Waals surface area contributed by atoms with Gasteiger partial charge < -0.3 is 4.74 Å². The highest BCUT2D eigenvalue weighted by molar-refractivity contribution is 5.21. The summed E-state index contributed by atoms with van der Waals surface area (Å²) in [5.41, 5.74) is 2.45. The summed E-state index contributed by atoms with van der Waals surface area (Å²) in [6.45, 7) is 5.70. The fourth-order valence-electron chi connectivity index (χ4n) is 4.27. The van der Waals surface area contributed by atoms with Crippen LogP contribution in [-0.2, 0) is 11.3 Å². The van der Waals surface area contributed by atoms with Gasteiger partial charge in [0.1, 0.15) is 5.82 Å². The van der Waals surface area contributed by atoms with E-state index in [1.165, 1.54) is 18.1 Å². The number of ether oxygens (including phenoxy) is 1. The molecule has 2 aromatic carbocycles. The van der Waals surface area contributed by atoms with Gasteiger partial charge in [-0.15, -0.1) is 0 Å². The van der Waals surface area contributed by atoms with Gasteiger partial charge >= 0.3 is 0 Å². The van der Waals surface area contributed by atoms with Crippen LogP contribution >= 0.6 is 0 Å². The van der Waals surface area contributed by atoms with Crippen molar-refractivity contribution in [2.45, 2.75) is 31.5 Å². The molecule has 0 radical (unpaired) electrons. The first kappa shape index (κ1) is 17.7. The standard InChI is InChI=1S/C22H27FN2O/c23-20-9-4-8-19(14-20)22-10-5-11-25(22)17-21-16-24(12-13-26-21)15-18-6-2-1-3-7-18/h1-4,6-9,14,21-22H,5,10-13,15-17H2/t21-,22-/m0/s1. The summed E-state index contributed by atoms with van der Waals surface area (Å²) < 4.78 is 19.7. The Morgan fingerprint density at radius 2 is 1.92 bits per heavy atom. The van der Waals surface area contributed by atoms with Crippen LogP contribution in [0.4, 0.5) is 4.39 Å². The van der Waals surface area contributed by atoms with Crippen molar-refractivity contribution in [2.24, 2.45) is 0 Å². The lowest BCUT2D eigenvalue weighted by atomic mass is 10.0. The molecule has 0 bridgehead atoms. The van der Waals surface area contributed by atoms with Crippen LogP contribution in [0.5, 0.6) is 0 Å². The molecular weight excluding hydrogens is 327 g/mol. The van der Waals surface area contributed by atoms with Crippen LogP contribution in [0.3, 0.4) is 0 Å². The summed E-state index contributed by atoms with van der Waals surface area (Å²) in [6.07, 6.45) is 2.49. The van der Waals surface area contributed by atoms with Gasteiger partial charge in [-0.3, -0.25) is 9.80 Å². The van der Waals surface area contributed by atoms with Crippen molar-refractivity contribution >= 4 is 0 Å². The summed E-state index contributed by atoms with van der Waals surface area (Å²) in [4.78, 5) is 4.96. The Labute approximate surface area is 155 Å². The lowest BCUT2D eigenvalue weighted by Crippen LogP contribution is -2.47. The second kappa shape index (κ2) is 8.30. The molecule has 2 aromatic rings. The minimum Gasteiger partial charge on any atom is -0.374 e. The zero-order valence-electron chi connectivity index (χ0n) is 15.2. The number of nitrogens with zero attached hydrogens (tertiary/aromatic N) is 2. The van der Waals surface area contributed by atoms with E-state index in [2.05, 4.69) is 46.2 Å². The minimum atomic E-state index is -0.141. The average Bonchev–Trinajstić information content (AvgIpc) is 3.11. The minimum absolute atomic E-state index is 0.141. The van der Waals surface area contributed by atoms with Crippen molar-refractivity contribution in [1.29, 1.82) is 0 Å². The molecule has 2 atom stereocenters. The maximum Gasteiger partial charge on any atom is 0.123 e. The Hall–Kier alpha value is -1.75. The van der Waals surface area contributed by atoms with Gasteiger partial charge in [-0.05, 0) is 42.6 Å². The van der Waals surface area contributed by atoms with Crippen LogP contribution in [-0.4, -0.2) is 48.7 Å². The summed E-state index contributed by atoms with van der Waals surface area (Å²) in [7, 11) is 0. The Morgan fingerprint density at radius 3 is 2.77 bits per heavy atom. The first-order valence-corrected chi connectivity index (χ1v) is 9.65. The quantitative estimate of drug-likeness (QED) is 0.811. The number of hydrogen-bond acceptors (Lipinski definition) is 3. The highest BCUT2D eigenvalue weighted by Crippen LogP contribution is 2.32. The molecule has 0 amide bonds. The van der Waals surface area contributed by atoms with Crippen LogP contribution in [0, 0.1) is 5.82 Å². The molecule has 4 rings (SSSR count). The predicted molar refractivity (Wildman–Crippen MR) is 101 cm³/mol. The van der Waals surface area contributed by atoms with Crippen LogP contribution < -0.4 is 0 Å². The van der Waals surface area contributed by atoms with E-state index >= 15 is 0 Å². The van der Waals surface area contributed by atoms with Crippen LogP contribution in [0.25, 0.3) is 0 Å². The number of likely N-dealkylation sites (tertiary alicyclic amines) is 1. The lowest BCUT2D eigenvalue weighted by molar-refractivity contribution is -0.0475. The van der Waals surface area contributed by atoms with Gasteiger partial charge in [0.2, 0.25) is 0 Å². The molecule has 2 fully saturated rings. The van der Waals surface area contributed by atoms with Crippen LogP contribution in [0.15, 0.2) is 54.6 Å². The molecule has 0 aliphatic carbocycles. The number of halogens is 1. The molecule has 2 aliphatic rings. The van der Waals surface area contributed by atoms with Gasteiger partial charge in [0.05, 0.1) is 12.7 Å². The molecular formula is C22H27FN2O. The fraction of sp³-hybridized carbons (Fsp3) is 0.455. The van der Waals surface area contributed by atoms with E-state index < -0.39 is 0 Å². The van der Waals surface area contributed by atoms with Gasteiger partial charge in [-0.2, -0.15) is 0 Å². The third kappa shape index (κ3) is 4.32. The van der Waals surface area contributed by atoms with Crippen molar-refractivity contribution in [3.8, 4) is 0 Å². The summed E-state index contributed by atoms with van der Waals surface area (Å²) >= 11 is 0. The monoisotopic (exact) mass is 354 g/mol. The Bertz CT molecular complexity index is 708. The number of rotatable bonds is 5. The molecule has 0 aromatic heterocycles. The fourth-order valence-corrected chi connectivity index (χ4v) is 4.27. The maximum atomic E-state index is 13.6. The lowest BCUT2D eigenvalue weighted by Gasteiger charge is -2.36. The molecule has 0 spiro atoms. The molecule has 138 valence electrons. The third-order valence-electron chi connectivity index (χ3n) is 5.51. The average molecular weight is 354 g/mol. The Balaban J connectivity index is 1.37. The topological polar surface area (TPSA) is 15.7 Å². The zero-order valence-corrected chi connectivity index (χ0v) is 15.2. The van der Waals surface area contributed by atoms with Gasteiger partial charge in [0.25, 0.3) is 0 Å². The molecule has 0 N–H and O–H groups in total. The maximum absolute atomic E-state index is 13.6. The predicted octanol–water partition coefficient (Wildman–Crippen LogP) is 3.86. The first-order valence-electron chi connectivity index (χ1n) is 9.65. The SMILES string of the molecule is Fc1cccc([C@@H]2CCCN2C[C@@H]2CN(Cc3ccccc3)CCO2)c1. The number of morpholine rings is 1. The first-order chi connectivity index (χ1) is 12.8. The van der Waals surface area contributed by atoms with E-state index in [1.807, 2.05) is 6.07 Å². The van der Waals surface area contributed by atoms with E-state index in [-0.39, 0.29) is 11.9 Å². The van der Waals surface area contributed by atoms with E-state index in [4.69, 9.17) is 4.74 Å². The van der Waals surface area contributed by atoms with Gasteiger partial charge in [-0.25, -0.2) is 4.39 Å². The van der Waals surface area contributed by atoms with Crippen molar-refractivity contribution < 1.29 is 9.13 Å². The van der Waals surface area contributed by atoms with Crippen molar-refractivity contribution in [2.75, 3.05) is 32.8 Å². The van der Waals surface area contributed by atoms with Crippen molar-refractivity contribution in [3.05, 3.63) is 71.5 Å². The molecule has 0 unspecified atom stereocenters. The summed E-state index contributed by atoms with van der Waals surface area (Å²) in [6, 6.07) is 18.0. The van der Waals surface area contributed by atoms with Gasteiger partial charge in [0.15, 0.2) is 0 Å². The highest BCUT2D eigenvalue weighted by Gasteiger charge is 2.30. The van der Waals surface area contributed by atoms with E-state index in [0.29, 0.717) is 6.04 Å². The Kier molecular flexibility index (Phi) is 5.63. The molecule has 2 saturated heterocycles. The van der Waals surface area contributed by atoms with Crippen molar-refractivity contribution in [1.82, 2.24) is 9.80 Å². The number of hydrogen-bond donors (Lipinski definition) is 0. The molecule has 4 heteroatoms. The van der Waals surface area contributed by atoms with Crippen molar-refractivity contribution in [3.63, 3.8) is 0 Å². The van der Waals surface area contributed by atoms with Gasteiger partial charge in [0, 0.05) is 32.2 Å². The normalized spacial score (nSPS) is 24.8. The number of benzene rings is 2. The molecule has 2 heterocycles. The second-order valence-electron chi connectivity index (χ2n) is 7.42. The molecule has 26 heavy (non-hydrogen) atoms. The third-order valence-corrected chi connectivity index (χ3v) is 5.51. The zero-order chi connectivity index (χ0) is 17.8. The van der Waals surface area contributed by atoms with E-state index in [0.717, 1.165) is 51.3 Å². The van der Waals surface area contributed by atoms with E-state index in [9.17, 15) is 4.39 Å². The molecule has 0 saturated carbocycles. The van der Waals surface area contributed by atoms with Gasteiger partial charge in [-0.1, -0.05) is 42.5 Å².